The molecule has 1 aliphatic heterocycles. The van der Waals surface area contributed by atoms with Crippen molar-refractivity contribution in [1.29, 1.82) is 0 Å². The van der Waals surface area contributed by atoms with Crippen LogP contribution in [0, 0.1) is 0 Å². The fourth-order valence-corrected chi connectivity index (χ4v) is 3.24. The van der Waals surface area contributed by atoms with Crippen molar-refractivity contribution < 1.29 is 0 Å². The number of imidazole rings is 1. The van der Waals surface area contributed by atoms with Gasteiger partial charge in [-0.2, -0.15) is 0 Å². The summed E-state index contributed by atoms with van der Waals surface area (Å²) in [5, 5.41) is 0. The zero-order chi connectivity index (χ0) is 14.3. The van der Waals surface area contributed by atoms with Crippen LogP contribution in [0.5, 0.6) is 0 Å². The van der Waals surface area contributed by atoms with Gasteiger partial charge in [0.1, 0.15) is 11.3 Å². The lowest BCUT2D eigenvalue weighted by Crippen LogP contribution is -2.34. The van der Waals surface area contributed by atoms with Crippen LogP contribution in [-0.4, -0.2) is 39.6 Å². The molecule has 0 N–H and O–H groups in total. The molecule has 0 aromatic carbocycles. The Morgan fingerprint density at radius 1 is 1.30 bits per heavy atom. The number of aromatic nitrogens is 3. The van der Waals surface area contributed by atoms with Crippen LogP contribution in [0.1, 0.15) is 45.4 Å². The maximum Gasteiger partial charge on any atom is 0.160 e. The minimum atomic E-state index is 0.00839. The van der Waals surface area contributed by atoms with Crippen LogP contribution >= 0.6 is 0 Å². The van der Waals surface area contributed by atoms with E-state index in [0.717, 1.165) is 17.7 Å². The lowest BCUT2D eigenvalue weighted by Gasteiger charge is -2.32. The first kappa shape index (κ1) is 13.6. The highest BCUT2D eigenvalue weighted by molar-refractivity contribution is 5.71. The summed E-state index contributed by atoms with van der Waals surface area (Å²) in [6, 6.07) is 4.04. The zero-order valence-corrected chi connectivity index (χ0v) is 12.9. The number of hydrogen-bond acceptors (Lipinski definition) is 3. The van der Waals surface area contributed by atoms with E-state index in [0.29, 0.717) is 5.92 Å². The van der Waals surface area contributed by atoms with Gasteiger partial charge in [-0.25, -0.2) is 9.97 Å². The number of nitrogens with zero attached hydrogens (tertiary/aromatic N) is 4. The van der Waals surface area contributed by atoms with Gasteiger partial charge in [0.25, 0.3) is 0 Å². The number of fused-ring (bicyclic) bond motifs is 1. The molecule has 0 amide bonds. The standard InChI is InChI=1S/C16H24N4/c1-16(2,3)20-14(12-7-6-10-19(4)11-12)18-13-8-5-9-17-15(13)20/h5,8-9,12H,6-7,10-11H2,1-4H3. The molecule has 20 heavy (non-hydrogen) atoms. The molecule has 0 spiro atoms. The van der Waals surface area contributed by atoms with Gasteiger partial charge >= 0.3 is 0 Å². The summed E-state index contributed by atoms with van der Waals surface area (Å²) in [4.78, 5) is 11.9. The second-order valence-corrected chi connectivity index (χ2v) is 6.92. The van der Waals surface area contributed by atoms with Crippen molar-refractivity contribution in [2.75, 3.05) is 20.1 Å². The van der Waals surface area contributed by atoms with E-state index in [1.54, 1.807) is 0 Å². The van der Waals surface area contributed by atoms with E-state index in [4.69, 9.17) is 4.98 Å². The summed E-state index contributed by atoms with van der Waals surface area (Å²) in [6.45, 7) is 9.00. The first-order valence-electron chi connectivity index (χ1n) is 7.49. The van der Waals surface area contributed by atoms with Crippen molar-refractivity contribution >= 4 is 11.2 Å². The third-order valence-corrected chi connectivity index (χ3v) is 4.10. The molecule has 3 rings (SSSR count). The van der Waals surface area contributed by atoms with Gasteiger partial charge < -0.3 is 9.47 Å². The predicted molar refractivity (Wildman–Crippen MR) is 82.0 cm³/mol. The highest BCUT2D eigenvalue weighted by atomic mass is 15.2. The van der Waals surface area contributed by atoms with Gasteiger partial charge in [-0.15, -0.1) is 0 Å². The van der Waals surface area contributed by atoms with Crippen molar-refractivity contribution in [3.05, 3.63) is 24.2 Å². The number of piperidine rings is 1. The van der Waals surface area contributed by atoms with Crippen LogP contribution < -0.4 is 0 Å². The molecule has 1 atom stereocenters. The Bertz CT molecular complexity index is 608. The topological polar surface area (TPSA) is 34.0 Å². The fourth-order valence-electron chi connectivity index (χ4n) is 3.24. The first-order chi connectivity index (χ1) is 9.47. The molecule has 1 fully saturated rings. The summed E-state index contributed by atoms with van der Waals surface area (Å²) in [5.41, 5.74) is 2.04. The number of likely N-dealkylation sites (tertiary alicyclic amines) is 1. The van der Waals surface area contributed by atoms with Gasteiger partial charge in [0, 0.05) is 24.2 Å². The average Bonchev–Trinajstić information content (AvgIpc) is 2.77. The highest BCUT2D eigenvalue weighted by Crippen LogP contribution is 2.32. The average molecular weight is 272 g/mol. The molecule has 1 aliphatic rings. The molecule has 4 nitrogen and oxygen atoms in total. The van der Waals surface area contributed by atoms with Crippen LogP contribution in [0.25, 0.3) is 11.2 Å². The molecule has 108 valence electrons. The van der Waals surface area contributed by atoms with E-state index < -0.39 is 0 Å². The number of likely N-dealkylation sites (N-methyl/N-ethyl adjacent to an activating group) is 1. The molecule has 2 aromatic heterocycles. The fraction of sp³-hybridized carbons (Fsp3) is 0.625. The Kier molecular flexibility index (Phi) is 3.28. The maximum atomic E-state index is 4.91. The summed E-state index contributed by atoms with van der Waals surface area (Å²) < 4.78 is 2.34. The highest BCUT2D eigenvalue weighted by Gasteiger charge is 2.29. The molecule has 0 radical (unpaired) electrons. The van der Waals surface area contributed by atoms with E-state index in [9.17, 15) is 0 Å². The third kappa shape index (κ3) is 2.33. The SMILES string of the molecule is CN1CCCC(c2nc3cccnc3n2C(C)(C)C)C1. The second kappa shape index (κ2) is 4.85. The summed E-state index contributed by atoms with van der Waals surface area (Å²) in [7, 11) is 2.20. The van der Waals surface area contributed by atoms with Gasteiger partial charge in [0.2, 0.25) is 0 Å². The molecule has 1 unspecified atom stereocenters. The Hall–Kier alpha value is -1.42. The smallest absolute Gasteiger partial charge is 0.160 e. The van der Waals surface area contributed by atoms with Crippen molar-refractivity contribution in [3.63, 3.8) is 0 Å². The largest absolute Gasteiger partial charge is 0.307 e. The number of rotatable bonds is 1. The minimum Gasteiger partial charge on any atom is -0.307 e. The van der Waals surface area contributed by atoms with E-state index in [2.05, 4.69) is 48.3 Å². The summed E-state index contributed by atoms with van der Waals surface area (Å²) >= 11 is 0. The molecule has 1 saturated heterocycles. The van der Waals surface area contributed by atoms with E-state index >= 15 is 0 Å². The van der Waals surface area contributed by atoms with Crippen molar-refractivity contribution in [2.24, 2.45) is 0 Å². The van der Waals surface area contributed by atoms with E-state index in [-0.39, 0.29) is 5.54 Å². The van der Waals surface area contributed by atoms with Crippen molar-refractivity contribution in [1.82, 2.24) is 19.4 Å². The van der Waals surface area contributed by atoms with E-state index in [1.807, 2.05) is 12.3 Å². The Morgan fingerprint density at radius 2 is 2.10 bits per heavy atom. The molecule has 4 heteroatoms. The Balaban J connectivity index is 2.14. The van der Waals surface area contributed by atoms with Crippen molar-refractivity contribution in [3.8, 4) is 0 Å². The molecule has 3 heterocycles. The Morgan fingerprint density at radius 3 is 2.80 bits per heavy atom. The molecule has 2 aromatic rings. The monoisotopic (exact) mass is 272 g/mol. The lowest BCUT2D eigenvalue weighted by molar-refractivity contribution is 0.237. The van der Waals surface area contributed by atoms with Crippen LogP contribution in [0.4, 0.5) is 0 Å². The second-order valence-electron chi connectivity index (χ2n) is 6.92. The van der Waals surface area contributed by atoms with E-state index in [1.165, 1.54) is 25.2 Å². The molecule has 0 aliphatic carbocycles. The van der Waals surface area contributed by atoms with Crippen LogP contribution in [0.2, 0.25) is 0 Å². The molecular weight excluding hydrogens is 248 g/mol. The predicted octanol–water partition coefficient (Wildman–Crippen LogP) is 3.00. The van der Waals surface area contributed by atoms with Gasteiger partial charge in [-0.3, -0.25) is 0 Å². The van der Waals surface area contributed by atoms with Crippen LogP contribution in [-0.2, 0) is 5.54 Å². The lowest BCUT2D eigenvalue weighted by atomic mass is 9.96. The van der Waals surface area contributed by atoms with Crippen molar-refractivity contribution in [2.45, 2.75) is 45.1 Å². The number of hydrogen-bond donors (Lipinski definition) is 0. The van der Waals surface area contributed by atoms with Gasteiger partial charge in [0.05, 0.1) is 0 Å². The van der Waals surface area contributed by atoms with Gasteiger partial charge in [-0.1, -0.05) is 0 Å². The third-order valence-electron chi connectivity index (χ3n) is 4.10. The summed E-state index contributed by atoms with van der Waals surface area (Å²) in [5.74, 6) is 1.72. The zero-order valence-electron chi connectivity index (χ0n) is 12.9. The van der Waals surface area contributed by atoms with Crippen LogP contribution in [0.15, 0.2) is 18.3 Å². The summed E-state index contributed by atoms with van der Waals surface area (Å²) in [6.07, 6.45) is 4.34. The van der Waals surface area contributed by atoms with Gasteiger partial charge in [0.15, 0.2) is 5.65 Å². The maximum absolute atomic E-state index is 4.91. The molecule has 0 bridgehead atoms. The quantitative estimate of drug-likeness (QED) is 0.800. The Labute approximate surface area is 120 Å². The molecule has 0 saturated carbocycles. The number of pyridine rings is 1. The molecular formula is C16H24N4. The minimum absolute atomic E-state index is 0.00839. The van der Waals surface area contributed by atoms with Crippen LogP contribution in [0.3, 0.4) is 0 Å². The normalized spacial score (nSPS) is 21.5. The first-order valence-corrected chi connectivity index (χ1v) is 7.49. The van der Waals surface area contributed by atoms with Gasteiger partial charge in [-0.05, 0) is 59.3 Å².